The maximum Gasteiger partial charge on any atom is 0.184 e. The standard InChI is InChI=1S/C22H31N3O2S/c1-12(26)16-6-7-17-15-5-4-13-10-14(27)11-19(24-25-20(23)28)22(13,3)18(15)8-9-21(16,17)2/h10,15-18H,4-9,11H2,1-3H3,(H3,23,25,28)/b24-19+/t15-,16+,17-,18-,21+,22-/m0/s1. The second kappa shape index (κ2) is 6.75. The van der Waals surface area contributed by atoms with Crippen molar-refractivity contribution >= 4 is 34.6 Å². The molecule has 3 saturated carbocycles. The number of nitrogens with zero attached hydrogens (tertiary/aromatic N) is 1. The van der Waals surface area contributed by atoms with Crippen LogP contribution < -0.4 is 11.2 Å². The van der Waals surface area contributed by atoms with Crippen LogP contribution in [0.2, 0.25) is 0 Å². The molecule has 0 amide bonds. The van der Waals surface area contributed by atoms with Crippen LogP contribution in [0.25, 0.3) is 0 Å². The zero-order valence-corrected chi connectivity index (χ0v) is 17.9. The second-order valence-electron chi connectivity index (χ2n) is 9.75. The van der Waals surface area contributed by atoms with Crippen LogP contribution in [0.15, 0.2) is 16.8 Å². The monoisotopic (exact) mass is 401 g/mol. The van der Waals surface area contributed by atoms with Gasteiger partial charge in [-0.1, -0.05) is 19.4 Å². The largest absolute Gasteiger partial charge is 0.375 e. The molecule has 0 saturated heterocycles. The fourth-order valence-electron chi connectivity index (χ4n) is 7.39. The normalized spacial score (nSPS) is 43.6. The van der Waals surface area contributed by atoms with E-state index < -0.39 is 0 Å². The van der Waals surface area contributed by atoms with Crippen LogP contribution >= 0.6 is 12.2 Å². The number of nitrogens with two attached hydrogens (primary N) is 1. The van der Waals surface area contributed by atoms with Crippen molar-refractivity contribution in [1.82, 2.24) is 5.43 Å². The van der Waals surface area contributed by atoms with E-state index in [1.807, 2.05) is 6.08 Å². The molecule has 0 spiro atoms. The molecule has 28 heavy (non-hydrogen) atoms. The van der Waals surface area contributed by atoms with E-state index in [0.717, 1.165) is 44.2 Å². The summed E-state index contributed by atoms with van der Waals surface area (Å²) >= 11 is 4.93. The highest BCUT2D eigenvalue weighted by molar-refractivity contribution is 7.80. The lowest BCUT2D eigenvalue weighted by molar-refractivity contribution is -0.127. The van der Waals surface area contributed by atoms with Gasteiger partial charge in [0.1, 0.15) is 5.78 Å². The lowest BCUT2D eigenvalue weighted by Crippen LogP contribution is -2.54. The number of ketones is 2. The number of Topliss-reactive ketones (excluding diaryl/α,β-unsaturated/α-hetero) is 1. The lowest BCUT2D eigenvalue weighted by atomic mass is 9.46. The second-order valence-corrected chi connectivity index (χ2v) is 10.2. The van der Waals surface area contributed by atoms with Crippen LogP contribution in [-0.2, 0) is 9.59 Å². The van der Waals surface area contributed by atoms with Crippen molar-refractivity contribution in [2.24, 2.45) is 45.3 Å². The first kappa shape index (κ1) is 19.7. The number of allylic oxidation sites excluding steroid dienone is 1. The number of rotatable bonds is 2. The van der Waals surface area contributed by atoms with E-state index in [2.05, 4.69) is 24.4 Å². The average molecular weight is 402 g/mol. The van der Waals surface area contributed by atoms with Gasteiger partial charge in [0.25, 0.3) is 0 Å². The van der Waals surface area contributed by atoms with E-state index in [1.165, 1.54) is 5.57 Å². The van der Waals surface area contributed by atoms with E-state index in [0.29, 0.717) is 30.0 Å². The van der Waals surface area contributed by atoms with Crippen LogP contribution in [0.3, 0.4) is 0 Å². The van der Waals surface area contributed by atoms with Gasteiger partial charge in [0.2, 0.25) is 0 Å². The minimum absolute atomic E-state index is 0.118. The molecule has 4 rings (SSSR count). The third-order valence-electron chi connectivity index (χ3n) is 8.66. The number of hydrazone groups is 1. The number of carbonyl (C=O) groups is 2. The van der Waals surface area contributed by atoms with Crippen molar-refractivity contribution in [2.45, 2.75) is 65.7 Å². The van der Waals surface area contributed by atoms with Gasteiger partial charge in [-0.05, 0) is 86.9 Å². The Morgan fingerprint density at radius 3 is 2.68 bits per heavy atom. The summed E-state index contributed by atoms with van der Waals surface area (Å²) in [5, 5.41) is 4.64. The Bertz CT molecular complexity index is 804. The van der Waals surface area contributed by atoms with Crippen molar-refractivity contribution in [3.8, 4) is 0 Å². The van der Waals surface area contributed by atoms with Gasteiger partial charge in [0.05, 0.1) is 12.1 Å². The van der Waals surface area contributed by atoms with Gasteiger partial charge in [-0.15, -0.1) is 0 Å². The van der Waals surface area contributed by atoms with E-state index in [4.69, 9.17) is 18.0 Å². The smallest absolute Gasteiger partial charge is 0.184 e. The van der Waals surface area contributed by atoms with Crippen molar-refractivity contribution in [3.05, 3.63) is 11.6 Å². The highest BCUT2D eigenvalue weighted by atomic mass is 32.1. The fourth-order valence-corrected chi connectivity index (χ4v) is 7.43. The number of hydrogen-bond acceptors (Lipinski definition) is 4. The Morgan fingerprint density at radius 2 is 2.00 bits per heavy atom. The zero-order chi connectivity index (χ0) is 20.3. The number of carbonyl (C=O) groups excluding carboxylic acids is 2. The number of nitrogens with one attached hydrogen (secondary N) is 1. The van der Waals surface area contributed by atoms with E-state index in [1.54, 1.807) is 6.92 Å². The summed E-state index contributed by atoms with van der Waals surface area (Å²) in [7, 11) is 0. The highest BCUT2D eigenvalue weighted by Crippen LogP contribution is 2.66. The van der Waals surface area contributed by atoms with E-state index in [-0.39, 0.29) is 27.6 Å². The van der Waals surface area contributed by atoms with Crippen molar-refractivity contribution < 1.29 is 9.59 Å². The Balaban J connectivity index is 1.72. The molecular formula is C22H31N3O2S. The third-order valence-corrected chi connectivity index (χ3v) is 8.75. The van der Waals surface area contributed by atoms with Gasteiger partial charge in [-0.25, -0.2) is 0 Å². The van der Waals surface area contributed by atoms with Crippen LogP contribution in [-0.4, -0.2) is 22.4 Å². The Kier molecular flexibility index (Phi) is 4.76. The molecule has 4 aliphatic rings. The SMILES string of the molecule is CC(=O)[C@H]1CC[C@H]2[C@@H]3CCC4=CC(=O)C/C(=N\NC(N)=S)[C@]4(C)[C@H]3CC[C@]12C. The van der Waals surface area contributed by atoms with Crippen LogP contribution in [0, 0.1) is 34.5 Å². The van der Waals surface area contributed by atoms with Crippen LogP contribution in [0.1, 0.15) is 65.7 Å². The van der Waals surface area contributed by atoms with Crippen LogP contribution in [0.4, 0.5) is 0 Å². The lowest BCUT2D eigenvalue weighted by Gasteiger charge is -2.58. The Labute approximate surface area is 172 Å². The molecule has 0 aromatic heterocycles. The summed E-state index contributed by atoms with van der Waals surface area (Å²) in [6, 6.07) is 0. The molecule has 0 aromatic rings. The van der Waals surface area contributed by atoms with Gasteiger partial charge >= 0.3 is 0 Å². The molecule has 0 bridgehead atoms. The van der Waals surface area contributed by atoms with Gasteiger partial charge in [0, 0.05) is 11.3 Å². The quantitative estimate of drug-likeness (QED) is 0.546. The maximum absolute atomic E-state index is 12.3. The number of thiocarbonyl (C=S) groups is 1. The molecule has 0 aromatic carbocycles. The fraction of sp³-hybridized carbons (Fsp3) is 0.727. The van der Waals surface area contributed by atoms with E-state index >= 15 is 0 Å². The Hall–Kier alpha value is -1.56. The molecule has 152 valence electrons. The molecule has 6 atom stereocenters. The first-order valence-electron chi connectivity index (χ1n) is 10.5. The maximum atomic E-state index is 12.3. The van der Waals surface area contributed by atoms with Crippen molar-refractivity contribution in [2.75, 3.05) is 0 Å². The highest BCUT2D eigenvalue weighted by Gasteiger charge is 2.61. The van der Waals surface area contributed by atoms with E-state index in [9.17, 15) is 9.59 Å². The topological polar surface area (TPSA) is 84.5 Å². The van der Waals surface area contributed by atoms with Gasteiger partial charge in [-0.2, -0.15) is 5.10 Å². The van der Waals surface area contributed by atoms with Gasteiger partial charge in [-0.3, -0.25) is 15.0 Å². The minimum Gasteiger partial charge on any atom is -0.375 e. The summed E-state index contributed by atoms with van der Waals surface area (Å²) in [5.41, 5.74) is 10.3. The summed E-state index contributed by atoms with van der Waals surface area (Å²) in [4.78, 5) is 24.6. The van der Waals surface area contributed by atoms with Crippen molar-refractivity contribution in [1.29, 1.82) is 0 Å². The molecule has 5 nitrogen and oxygen atoms in total. The average Bonchev–Trinajstić information content (AvgIpc) is 2.97. The molecule has 4 aliphatic carbocycles. The summed E-state index contributed by atoms with van der Waals surface area (Å²) in [5.74, 6) is 2.30. The molecular weight excluding hydrogens is 370 g/mol. The minimum atomic E-state index is -0.218. The summed E-state index contributed by atoms with van der Waals surface area (Å²) in [6.07, 6.45) is 8.58. The molecule has 0 radical (unpaired) electrons. The molecule has 3 N–H and O–H groups in total. The molecule has 0 heterocycles. The zero-order valence-electron chi connectivity index (χ0n) is 17.1. The summed E-state index contributed by atoms with van der Waals surface area (Å²) < 4.78 is 0. The van der Waals surface area contributed by atoms with Gasteiger partial charge < -0.3 is 5.73 Å². The third kappa shape index (κ3) is 2.78. The molecule has 0 unspecified atom stereocenters. The molecule has 0 aliphatic heterocycles. The Morgan fingerprint density at radius 1 is 1.25 bits per heavy atom. The molecule has 3 fully saturated rings. The molecule has 6 heteroatoms. The first-order chi connectivity index (χ1) is 13.2. The number of fused-ring (bicyclic) bond motifs is 5. The van der Waals surface area contributed by atoms with Crippen molar-refractivity contribution in [3.63, 3.8) is 0 Å². The first-order valence-corrected chi connectivity index (χ1v) is 11.0. The number of hydrogen-bond donors (Lipinski definition) is 2. The van der Waals surface area contributed by atoms with Crippen LogP contribution in [0.5, 0.6) is 0 Å². The summed E-state index contributed by atoms with van der Waals surface area (Å²) in [6.45, 7) is 6.39. The van der Waals surface area contributed by atoms with Gasteiger partial charge in [0.15, 0.2) is 10.9 Å². The predicted octanol–water partition coefficient (Wildman–Crippen LogP) is 3.52. The predicted molar refractivity (Wildman–Crippen MR) is 114 cm³/mol.